The summed E-state index contributed by atoms with van der Waals surface area (Å²) >= 11 is 5.79. The molecule has 1 aliphatic carbocycles. The van der Waals surface area contributed by atoms with Crippen molar-refractivity contribution in [1.82, 2.24) is 4.98 Å². The Balaban J connectivity index is 2.16. The summed E-state index contributed by atoms with van der Waals surface area (Å²) in [4.78, 5) is 14.9. The molecule has 2 rings (SSSR count). The number of carbonyl (C=O) groups excluding carboxylic acids is 1. The van der Waals surface area contributed by atoms with E-state index in [1.54, 1.807) is 18.3 Å². The van der Waals surface area contributed by atoms with Gasteiger partial charge in [0.1, 0.15) is 0 Å². The van der Waals surface area contributed by atoms with Gasteiger partial charge in [-0.05, 0) is 18.6 Å². The summed E-state index contributed by atoms with van der Waals surface area (Å²) in [7, 11) is 0. The molecule has 0 aliphatic heterocycles. The lowest BCUT2D eigenvalue weighted by molar-refractivity contribution is -0.119. The first-order valence-corrected chi connectivity index (χ1v) is 4.47. The molecule has 1 aromatic heterocycles. The third kappa shape index (κ3) is 1.65. The quantitative estimate of drug-likeness (QED) is 0.776. The molecule has 2 atom stereocenters. The number of nitrogens with two attached hydrogens (primary N) is 1. The fraction of sp³-hybridized carbons (Fsp3) is 0.333. The highest BCUT2D eigenvalue weighted by Gasteiger charge is 2.43. The van der Waals surface area contributed by atoms with Crippen LogP contribution in [0.3, 0.4) is 0 Å². The number of pyridine rings is 1. The van der Waals surface area contributed by atoms with Gasteiger partial charge in [0, 0.05) is 28.7 Å². The number of aromatic nitrogens is 1. The predicted molar refractivity (Wildman–Crippen MR) is 49.3 cm³/mol. The lowest BCUT2D eigenvalue weighted by Crippen LogP contribution is -2.13. The largest absolute Gasteiger partial charge is 0.369 e. The van der Waals surface area contributed by atoms with Crippen molar-refractivity contribution in [2.24, 2.45) is 11.7 Å². The lowest BCUT2D eigenvalue weighted by Gasteiger charge is -1.97. The van der Waals surface area contributed by atoms with Gasteiger partial charge in [-0.2, -0.15) is 0 Å². The van der Waals surface area contributed by atoms with Crippen molar-refractivity contribution in [2.45, 2.75) is 12.3 Å². The summed E-state index contributed by atoms with van der Waals surface area (Å²) in [5.74, 6) is -0.0889. The maximum Gasteiger partial charge on any atom is 0.221 e. The topological polar surface area (TPSA) is 56.0 Å². The van der Waals surface area contributed by atoms with Gasteiger partial charge in [-0.3, -0.25) is 9.78 Å². The molecule has 1 aromatic rings. The van der Waals surface area contributed by atoms with Crippen molar-refractivity contribution in [1.29, 1.82) is 0 Å². The predicted octanol–water partition coefficient (Wildman–Crippen LogP) is 1.32. The molecule has 1 aliphatic rings. The van der Waals surface area contributed by atoms with Gasteiger partial charge in [0.25, 0.3) is 0 Å². The molecule has 68 valence electrons. The minimum Gasteiger partial charge on any atom is -0.369 e. The molecule has 13 heavy (non-hydrogen) atoms. The van der Waals surface area contributed by atoms with E-state index >= 15 is 0 Å². The minimum atomic E-state index is -0.244. The molecule has 1 saturated carbocycles. The van der Waals surface area contributed by atoms with Crippen LogP contribution in [0, 0.1) is 5.92 Å². The van der Waals surface area contributed by atoms with Crippen LogP contribution in [0.5, 0.6) is 0 Å². The first kappa shape index (κ1) is 8.51. The van der Waals surface area contributed by atoms with Crippen LogP contribution in [0.2, 0.25) is 5.02 Å². The van der Waals surface area contributed by atoms with Gasteiger partial charge >= 0.3 is 0 Å². The third-order valence-corrected chi connectivity index (χ3v) is 2.51. The monoisotopic (exact) mass is 196 g/mol. The van der Waals surface area contributed by atoms with Gasteiger partial charge < -0.3 is 5.73 Å². The maximum atomic E-state index is 10.8. The second-order valence-corrected chi connectivity index (χ2v) is 3.69. The zero-order chi connectivity index (χ0) is 9.42. The molecule has 3 nitrogen and oxygen atoms in total. The summed E-state index contributed by atoms with van der Waals surface area (Å²) in [5, 5.41) is 0.653. The molecule has 2 N–H and O–H groups in total. The van der Waals surface area contributed by atoms with Gasteiger partial charge in [0.2, 0.25) is 5.91 Å². The van der Waals surface area contributed by atoms with Crippen molar-refractivity contribution in [3.05, 3.63) is 29.0 Å². The van der Waals surface area contributed by atoms with Gasteiger partial charge in [-0.1, -0.05) is 11.6 Å². The van der Waals surface area contributed by atoms with E-state index in [1.165, 1.54) is 0 Å². The van der Waals surface area contributed by atoms with Crippen molar-refractivity contribution in [2.75, 3.05) is 0 Å². The van der Waals surface area contributed by atoms with Crippen molar-refractivity contribution >= 4 is 17.5 Å². The van der Waals surface area contributed by atoms with Crippen LogP contribution in [-0.4, -0.2) is 10.9 Å². The highest BCUT2D eigenvalue weighted by Crippen LogP contribution is 2.46. The number of rotatable bonds is 2. The van der Waals surface area contributed by atoms with Crippen LogP contribution in [0.25, 0.3) is 0 Å². The van der Waals surface area contributed by atoms with Gasteiger partial charge in [-0.15, -0.1) is 0 Å². The van der Waals surface area contributed by atoms with Crippen LogP contribution >= 0.6 is 11.6 Å². The van der Waals surface area contributed by atoms with Gasteiger partial charge in [0.15, 0.2) is 0 Å². The van der Waals surface area contributed by atoms with E-state index in [-0.39, 0.29) is 17.7 Å². The van der Waals surface area contributed by atoms with E-state index in [2.05, 4.69) is 4.98 Å². The third-order valence-electron chi connectivity index (χ3n) is 2.28. The fourth-order valence-corrected chi connectivity index (χ4v) is 1.63. The van der Waals surface area contributed by atoms with Crippen LogP contribution in [0.4, 0.5) is 0 Å². The van der Waals surface area contributed by atoms with E-state index in [1.807, 2.05) is 0 Å². The number of hydrogen-bond acceptors (Lipinski definition) is 2. The van der Waals surface area contributed by atoms with Gasteiger partial charge in [-0.25, -0.2) is 0 Å². The molecule has 0 radical (unpaired) electrons. The Kier molecular flexibility index (Phi) is 1.96. The summed E-state index contributed by atoms with van der Waals surface area (Å²) in [6.45, 7) is 0. The molecular weight excluding hydrogens is 188 g/mol. The number of nitrogens with zero attached hydrogens (tertiary/aromatic N) is 1. The number of halogens is 1. The summed E-state index contributed by atoms with van der Waals surface area (Å²) in [6, 6.07) is 3.50. The fourth-order valence-electron chi connectivity index (χ4n) is 1.46. The van der Waals surface area contributed by atoms with Crippen LogP contribution in [-0.2, 0) is 4.79 Å². The van der Waals surface area contributed by atoms with Crippen LogP contribution in [0.1, 0.15) is 18.0 Å². The molecule has 0 saturated heterocycles. The summed E-state index contributed by atoms with van der Waals surface area (Å²) in [5.41, 5.74) is 6.04. The number of carbonyl (C=O) groups is 1. The molecule has 0 unspecified atom stereocenters. The standard InChI is InChI=1S/C9H9ClN2O/c10-5-1-2-12-8(3-5)6-4-7(6)9(11)13/h1-3,6-7H,4H2,(H2,11,13)/t6-,7-/m1/s1. The van der Waals surface area contributed by atoms with Crippen molar-refractivity contribution in [3.63, 3.8) is 0 Å². The summed E-state index contributed by atoms with van der Waals surface area (Å²) < 4.78 is 0. The zero-order valence-corrected chi connectivity index (χ0v) is 7.66. The molecule has 1 heterocycles. The van der Waals surface area contributed by atoms with Crippen LogP contribution in [0.15, 0.2) is 18.3 Å². The molecule has 0 aromatic carbocycles. The zero-order valence-electron chi connectivity index (χ0n) is 6.90. The SMILES string of the molecule is NC(=O)[C@@H]1C[C@H]1c1cc(Cl)ccn1. The Morgan fingerprint density at radius 3 is 3.00 bits per heavy atom. The molecule has 1 fully saturated rings. The van der Waals surface area contributed by atoms with Crippen molar-refractivity contribution < 1.29 is 4.79 Å². The first-order chi connectivity index (χ1) is 6.18. The highest BCUT2D eigenvalue weighted by atomic mass is 35.5. The van der Waals surface area contributed by atoms with E-state index in [0.29, 0.717) is 5.02 Å². The average Bonchev–Trinajstić information content (AvgIpc) is 2.82. The Bertz CT molecular complexity index is 353. The van der Waals surface area contributed by atoms with E-state index in [9.17, 15) is 4.79 Å². The molecule has 0 spiro atoms. The van der Waals surface area contributed by atoms with E-state index in [0.717, 1.165) is 12.1 Å². The van der Waals surface area contributed by atoms with E-state index < -0.39 is 0 Å². The number of amides is 1. The highest BCUT2D eigenvalue weighted by molar-refractivity contribution is 6.30. The van der Waals surface area contributed by atoms with Crippen LogP contribution < -0.4 is 5.73 Å². The van der Waals surface area contributed by atoms with Crippen molar-refractivity contribution in [3.8, 4) is 0 Å². The number of primary amides is 1. The second kappa shape index (κ2) is 3.00. The minimum absolute atomic E-state index is 0.0361. The Hall–Kier alpha value is -1.09. The molecular formula is C9H9ClN2O. The maximum absolute atomic E-state index is 10.8. The second-order valence-electron chi connectivity index (χ2n) is 3.25. The molecule has 1 amide bonds. The average molecular weight is 197 g/mol. The van der Waals surface area contributed by atoms with Gasteiger partial charge in [0.05, 0.1) is 0 Å². The Labute approximate surface area is 80.9 Å². The lowest BCUT2D eigenvalue weighted by atomic mass is 10.2. The van der Waals surface area contributed by atoms with E-state index in [4.69, 9.17) is 17.3 Å². The smallest absolute Gasteiger partial charge is 0.221 e. The Morgan fingerprint density at radius 1 is 1.69 bits per heavy atom. The Morgan fingerprint density at radius 2 is 2.46 bits per heavy atom. The first-order valence-electron chi connectivity index (χ1n) is 4.09. The molecule has 4 heteroatoms. The number of hydrogen-bond donors (Lipinski definition) is 1. The molecule has 0 bridgehead atoms. The normalized spacial score (nSPS) is 25.6. The summed E-state index contributed by atoms with van der Waals surface area (Å²) in [6.07, 6.45) is 2.46.